The Labute approximate surface area is 359 Å². The van der Waals surface area contributed by atoms with E-state index < -0.39 is 0 Å². The molecule has 0 aliphatic rings. The average molecular weight is 663 g/mol. The van der Waals surface area contributed by atoms with Crippen molar-refractivity contribution in [1.29, 1.82) is 0 Å². The summed E-state index contributed by atoms with van der Waals surface area (Å²) in [6, 6.07) is 0. The monoisotopic (exact) mass is 663 g/mol. The second-order valence-electron chi connectivity index (χ2n) is 5.05. The second kappa shape index (κ2) is 275. The van der Waals surface area contributed by atoms with Crippen molar-refractivity contribution in [2.24, 2.45) is 17.8 Å². The first-order chi connectivity index (χ1) is 16.3. The summed E-state index contributed by atoms with van der Waals surface area (Å²) in [5.41, 5.74) is 0. The molecule has 40 heavy (non-hydrogen) atoms. The molecule has 0 aromatic heterocycles. The van der Waals surface area contributed by atoms with Gasteiger partial charge < -0.3 is 0 Å². The summed E-state index contributed by atoms with van der Waals surface area (Å²) < 4.78 is 0. The normalized spacial score (nSPS) is 5.05. The Hall–Kier alpha value is 3.08. The van der Waals surface area contributed by atoms with E-state index in [9.17, 15) is 0 Å². The zero-order valence-corrected chi connectivity index (χ0v) is 34.1. The summed E-state index contributed by atoms with van der Waals surface area (Å²) in [6.07, 6.45) is 4.24. The van der Waals surface area contributed by atoms with E-state index in [0.717, 1.165) is 11.8 Å². The van der Waals surface area contributed by atoms with Gasteiger partial charge in [0.15, 0.2) is 0 Å². The zero-order valence-electron chi connectivity index (χ0n) is 31.9. The van der Waals surface area contributed by atoms with E-state index in [1.807, 2.05) is 138 Å². The van der Waals surface area contributed by atoms with Crippen molar-refractivity contribution in [2.45, 2.75) is 209 Å². The van der Waals surface area contributed by atoms with Crippen LogP contribution in [-0.2, 0) is 0 Å². The van der Waals surface area contributed by atoms with Crippen LogP contribution in [0, 0.1) is 143 Å². The van der Waals surface area contributed by atoms with Crippen molar-refractivity contribution in [1.82, 2.24) is 0 Å². The van der Waals surface area contributed by atoms with Gasteiger partial charge in [-0.05, 0) is 25.7 Å². The third-order valence-corrected chi connectivity index (χ3v) is 1.01. The first-order valence-electron chi connectivity index (χ1n) is 15.3. The Morgan fingerprint density at radius 2 is 0.575 bits per heavy atom. The summed E-state index contributed by atoms with van der Waals surface area (Å²) >= 11 is 0. The quantitative estimate of drug-likeness (QED) is 0.194. The predicted molar refractivity (Wildman–Crippen MR) is 201 cm³/mol. The molecule has 0 aromatic carbocycles. The van der Waals surface area contributed by atoms with E-state index in [1.165, 1.54) is 0 Å². The van der Waals surface area contributed by atoms with Crippen LogP contribution in [0.5, 0.6) is 0 Å². The van der Waals surface area contributed by atoms with E-state index in [4.69, 9.17) is 0 Å². The molecule has 0 aromatic rings. The zero-order chi connectivity index (χ0) is 31.6. The third-order valence-electron chi connectivity index (χ3n) is 1.01. The maximum absolute atomic E-state index is 2.96. The topological polar surface area (TPSA) is 0 Å². The number of hydrogen-bond donors (Lipinski definition) is 0. The molecule has 0 nitrogen and oxygen atoms in total. The molecule has 0 radical (unpaired) electrons. The Morgan fingerprint density at radius 1 is 0.425 bits per heavy atom. The summed E-state index contributed by atoms with van der Waals surface area (Å²) in [5, 5.41) is 0. The number of hydrogen-bond acceptors (Lipinski definition) is 0. The van der Waals surface area contributed by atoms with Crippen LogP contribution in [0.1, 0.15) is 209 Å². The van der Waals surface area contributed by atoms with Gasteiger partial charge in [-0.1, -0.05) is 208 Å². The van der Waals surface area contributed by atoms with Crippen molar-refractivity contribution in [3.63, 3.8) is 0 Å². The van der Waals surface area contributed by atoms with E-state index in [0.29, 0.717) is 5.92 Å². The van der Waals surface area contributed by atoms with Crippen molar-refractivity contribution < 1.29 is 113 Å². The molecule has 0 N–H and O–H groups in total. The van der Waals surface area contributed by atoms with Gasteiger partial charge in [0.2, 0.25) is 0 Å². The van der Waals surface area contributed by atoms with Crippen LogP contribution < -0.4 is 0 Å². The summed E-state index contributed by atoms with van der Waals surface area (Å²) in [5.74, 6) is 7.86. The van der Waals surface area contributed by atoms with E-state index in [2.05, 4.69) is 72.5 Å². The summed E-state index contributed by atoms with van der Waals surface area (Å²) in [6.45, 7) is 54.9. The SMILES string of the molecule is C.C.C.C/C=C/C(C)C.CC.CC.CC.CC.CC.CC.CC.CC.CC.CC#CC(C)C.CC(C)C.[Ar].[Ar].[Ar]. The van der Waals surface area contributed by atoms with Crippen LogP contribution in [0.15, 0.2) is 12.2 Å². The van der Waals surface area contributed by atoms with Gasteiger partial charge in [-0.25, -0.2) is 0 Å². The predicted octanol–water partition coefficient (Wildman–Crippen LogP) is 16.7. The smallest absolute Gasteiger partial charge is 0.0146 e. The molecule has 0 rings (SSSR count). The van der Waals surface area contributed by atoms with Gasteiger partial charge in [0.05, 0.1) is 0 Å². The molecule has 0 aliphatic carbocycles. The Balaban J connectivity index is -0.00000000845. The third kappa shape index (κ3) is 801. The van der Waals surface area contributed by atoms with Gasteiger partial charge in [-0.15, -0.1) is 11.8 Å². The van der Waals surface area contributed by atoms with Crippen molar-refractivity contribution in [3.8, 4) is 11.8 Å². The van der Waals surface area contributed by atoms with Crippen molar-refractivity contribution >= 4 is 0 Å². The molecule has 0 saturated carbocycles. The van der Waals surface area contributed by atoms with Crippen molar-refractivity contribution in [3.05, 3.63) is 12.2 Å². The summed E-state index contributed by atoms with van der Waals surface area (Å²) in [4.78, 5) is 0. The molecule has 0 unspecified atom stereocenters. The molecule has 0 atom stereocenters. The van der Waals surface area contributed by atoms with Gasteiger partial charge in [0.1, 0.15) is 0 Å². The van der Waals surface area contributed by atoms with Crippen LogP contribution in [0.2, 0.25) is 0 Å². The summed E-state index contributed by atoms with van der Waals surface area (Å²) in [7, 11) is 0. The maximum Gasteiger partial charge on any atom is 0.0146 e. The first kappa shape index (κ1) is 121. The Bertz CT molecular complexity index is 196. The Kier molecular flexibility index (Phi) is 833. The molecule has 0 heterocycles. The van der Waals surface area contributed by atoms with E-state index in [-0.39, 0.29) is 135 Å². The molecular weight excluding hydrogens is 564 g/mol. The molecule has 0 aliphatic heterocycles. The largest absolute Gasteiger partial charge is 0.106 e. The van der Waals surface area contributed by atoms with Crippen LogP contribution in [-0.4, -0.2) is 0 Å². The van der Waals surface area contributed by atoms with Crippen LogP contribution in [0.3, 0.4) is 0 Å². The number of allylic oxidation sites excluding steroid dienone is 2. The fourth-order valence-corrected chi connectivity index (χ4v) is 0.674. The average Bonchev–Trinajstić information content (AvgIpc) is 2.90. The van der Waals surface area contributed by atoms with E-state index >= 15 is 0 Å². The molecule has 0 bridgehead atoms. The van der Waals surface area contributed by atoms with Crippen LogP contribution in [0.25, 0.3) is 0 Å². The van der Waals surface area contributed by atoms with Gasteiger partial charge in [-0.2, -0.15) is 0 Å². The fourth-order valence-electron chi connectivity index (χ4n) is 0.674. The molecule has 0 fully saturated rings. The van der Waals surface area contributed by atoms with Gasteiger partial charge >= 0.3 is 0 Å². The minimum atomic E-state index is 0. The molecule has 0 spiro atoms. The fraction of sp³-hybridized carbons (Fsp3) is 0.892. The van der Waals surface area contributed by atoms with Gasteiger partial charge in [0.25, 0.3) is 0 Å². The molecule has 0 saturated heterocycles. The first-order valence-corrected chi connectivity index (χ1v) is 15.3. The molecule has 3 heteroatoms. The maximum atomic E-state index is 2.96. The molecule has 270 valence electrons. The number of rotatable bonds is 1. The standard InChI is InChI=1S/C6H12.C6H10.C4H10.9C2H6.3CH4.3Ar/c2*1-4-5-6(2)3;1-4(2)3;9*1-2;;;;;;/h4-6H,1-3H3;6H,1-3H3;4H,1-3H3;9*1-2H3;3*1H4;;;/b5-4+;;;;;;;;;;;;;;;;;. The molecule has 0 amide bonds. The van der Waals surface area contributed by atoms with Crippen LogP contribution in [0.4, 0.5) is 0 Å². The minimum Gasteiger partial charge on any atom is -0.106 e. The molecular formula is C37H98Ar3. The minimum absolute atomic E-state index is 0. The second-order valence-corrected chi connectivity index (χ2v) is 5.05. The van der Waals surface area contributed by atoms with Gasteiger partial charge in [-0.3, -0.25) is 0 Å². The van der Waals surface area contributed by atoms with Gasteiger partial charge in [0, 0.05) is 119 Å². The Morgan fingerprint density at radius 3 is 0.575 bits per heavy atom. The van der Waals surface area contributed by atoms with Crippen molar-refractivity contribution in [2.75, 3.05) is 0 Å². The van der Waals surface area contributed by atoms with Crippen LogP contribution >= 0.6 is 0 Å². The van der Waals surface area contributed by atoms with E-state index in [1.54, 1.807) is 0 Å².